The molecule has 0 spiro atoms. The number of nitrogens with two attached hydrogens (primary N) is 1. The first-order valence-electron chi connectivity index (χ1n) is 22.6. The van der Waals surface area contributed by atoms with Crippen LogP contribution in [0.4, 0.5) is 0 Å². The molecule has 0 aliphatic heterocycles. The molecule has 0 aliphatic rings. The highest BCUT2D eigenvalue weighted by molar-refractivity contribution is 7.47. The molecule has 0 saturated heterocycles. The first kappa shape index (κ1) is 56.7. The van der Waals surface area contributed by atoms with Crippen LogP contribution in [0.25, 0.3) is 0 Å². The van der Waals surface area contributed by atoms with E-state index < -0.39 is 51.1 Å². The van der Waals surface area contributed by atoms with E-state index in [9.17, 15) is 23.8 Å². The summed E-state index contributed by atoms with van der Waals surface area (Å²) in [6.45, 7) is 2.67. The summed E-state index contributed by atoms with van der Waals surface area (Å²) >= 11 is 0. The average Bonchev–Trinajstić information content (AvgIpc) is 3.22. The number of carbonyl (C=O) groups is 3. The maximum Gasteiger partial charge on any atom is 0.472 e. The Morgan fingerprint density at radius 3 is 1.40 bits per heavy atom. The molecular weight excluding hydrogens is 781 g/mol. The SMILES string of the molecule is CCCCC/C=C\C/C=C\C/C=C\C/C=C\CCCCCC(=O)O[C@H](COC(=O)CCC/C=C\C/C=C\C/C=C\CCCCCCCC)COP(=O)(O)OC[C@H](N)C(=O)O. The number of phosphoric acid groups is 1. The third-order valence-electron chi connectivity index (χ3n) is 9.12. The first-order chi connectivity index (χ1) is 29.1. The Labute approximate surface area is 362 Å². The molecule has 0 aromatic carbocycles. The number of hydrogen-bond donors (Lipinski definition) is 3. The van der Waals surface area contributed by atoms with Gasteiger partial charge in [-0.2, -0.15) is 0 Å². The third-order valence-corrected chi connectivity index (χ3v) is 10.1. The third kappa shape index (κ3) is 41.4. The van der Waals surface area contributed by atoms with Gasteiger partial charge in [0.2, 0.25) is 0 Å². The van der Waals surface area contributed by atoms with E-state index in [-0.39, 0.29) is 19.4 Å². The van der Waals surface area contributed by atoms with Gasteiger partial charge < -0.3 is 25.2 Å². The van der Waals surface area contributed by atoms with Gasteiger partial charge in [0.1, 0.15) is 12.6 Å². The Bertz CT molecular complexity index is 1340. The van der Waals surface area contributed by atoms with Gasteiger partial charge in [-0.1, -0.05) is 150 Å². The van der Waals surface area contributed by atoms with Gasteiger partial charge in [-0.15, -0.1) is 0 Å². The second-order valence-corrected chi connectivity index (χ2v) is 16.3. The van der Waals surface area contributed by atoms with Gasteiger partial charge in [0, 0.05) is 12.8 Å². The van der Waals surface area contributed by atoms with Gasteiger partial charge in [-0.05, 0) is 89.9 Å². The number of aliphatic carboxylic acids is 1. The number of esters is 2. The highest BCUT2D eigenvalue weighted by Crippen LogP contribution is 2.43. The number of allylic oxidation sites excluding steroid dienone is 14. The number of phosphoric ester groups is 1. The van der Waals surface area contributed by atoms with Gasteiger partial charge in [-0.25, -0.2) is 4.57 Å². The van der Waals surface area contributed by atoms with Gasteiger partial charge in [-0.3, -0.25) is 23.4 Å². The monoisotopic (exact) mass is 862 g/mol. The molecular formula is C48H80NO10P. The Morgan fingerprint density at radius 1 is 0.517 bits per heavy atom. The second-order valence-electron chi connectivity index (χ2n) is 14.8. The van der Waals surface area contributed by atoms with Crippen molar-refractivity contribution in [1.29, 1.82) is 0 Å². The second kappa shape index (κ2) is 42.4. The minimum Gasteiger partial charge on any atom is -0.480 e. The smallest absolute Gasteiger partial charge is 0.472 e. The Morgan fingerprint density at radius 2 is 0.900 bits per heavy atom. The molecule has 11 nitrogen and oxygen atoms in total. The zero-order valence-corrected chi connectivity index (χ0v) is 37.9. The zero-order chi connectivity index (χ0) is 44.2. The van der Waals surface area contributed by atoms with Crippen molar-refractivity contribution in [2.75, 3.05) is 19.8 Å². The largest absolute Gasteiger partial charge is 0.480 e. The average molecular weight is 862 g/mol. The fraction of sp³-hybridized carbons (Fsp3) is 0.646. The number of carboxylic acids is 1. The van der Waals surface area contributed by atoms with Crippen molar-refractivity contribution < 1.29 is 47.5 Å². The summed E-state index contributed by atoms with van der Waals surface area (Å²) in [5.74, 6) is -2.50. The normalized spacial score (nSPS) is 14.5. The molecule has 0 saturated carbocycles. The molecule has 0 radical (unpaired) electrons. The van der Waals surface area contributed by atoms with Gasteiger partial charge in [0.25, 0.3) is 0 Å². The molecule has 0 bridgehead atoms. The molecule has 1 unspecified atom stereocenters. The van der Waals surface area contributed by atoms with Crippen LogP contribution in [0.2, 0.25) is 0 Å². The van der Waals surface area contributed by atoms with Crippen LogP contribution < -0.4 is 5.73 Å². The number of hydrogen-bond acceptors (Lipinski definition) is 9. The highest BCUT2D eigenvalue weighted by Gasteiger charge is 2.28. The lowest BCUT2D eigenvalue weighted by Crippen LogP contribution is -2.34. The van der Waals surface area contributed by atoms with E-state index in [1.54, 1.807) is 0 Å². The van der Waals surface area contributed by atoms with E-state index in [2.05, 4.69) is 97.4 Å². The van der Waals surface area contributed by atoms with E-state index in [1.165, 1.54) is 64.2 Å². The van der Waals surface area contributed by atoms with E-state index in [4.69, 9.17) is 24.8 Å². The summed E-state index contributed by atoms with van der Waals surface area (Å²) in [5.41, 5.74) is 5.33. The van der Waals surface area contributed by atoms with Gasteiger partial charge >= 0.3 is 25.7 Å². The minimum atomic E-state index is -4.74. The molecule has 3 atom stereocenters. The topological polar surface area (TPSA) is 172 Å². The minimum absolute atomic E-state index is 0.108. The molecule has 0 rings (SSSR count). The molecule has 342 valence electrons. The van der Waals surface area contributed by atoms with Crippen LogP contribution in [0, 0.1) is 0 Å². The van der Waals surface area contributed by atoms with Crippen LogP contribution in [0.5, 0.6) is 0 Å². The van der Waals surface area contributed by atoms with Crippen molar-refractivity contribution in [3.8, 4) is 0 Å². The number of unbranched alkanes of at least 4 members (excludes halogenated alkanes) is 13. The lowest BCUT2D eigenvalue weighted by atomic mass is 10.1. The molecule has 12 heteroatoms. The molecule has 0 heterocycles. The Kier molecular flexibility index (Phi) is 40.0. The highest BCUT2D eigenvalue weighted by atomic mass is 31.2. The van der Waals surface area contributed by atoms with E-state index in [0.29, 0.717) is 19.3 Å². The number of carboxylic acid groups (broad SMARTS) is 1. The molecule has 0 aromatic heterocycles. The fourth-order valence-electron chi connectivity index (χ4n) is 5.53. The van der Waals surface area contributed by atoms with Crippen LogP contribution >= 0.6 is 7.82 Å². The number of carbonyl (C=O) groups excluding carboxylic acids is 2. The summed E-state index contributed by atoms with van der Waals surface area (Å²) in [5, 5.41) is 8.89. The maximum atomic E-state index is 12.6. The number of ether oxygens (including phenoxy) is 2. The maximum absolute atomic E-state index is 12.6. The van der Waals surface area contributed by atoms with Crippen LogP contribution in [0.3, 0.4) is 0 Å². The van der Waals surface area contributed by atoms with E-state index in [1.807, 2.05) is 6.08 Å². The molecule has 60 heavy (non-hydrogen) atoms. The van der Waals surface area contributed by atoms with Crippen LogP contribution in [0.15, 0.2) is 85.1 Å². The van der Waals surface area contributed by atoms with Crippen LogP contribution in [-0.4, -0.2) is 59.9 Å². The molecule has 0 aliphatic carbocycles. The van der Waals surface area contributed by atoms with Crippen molar-refractivity contribution in [2.45, 2.75) is 180 Å². The standard InChI is InChI=1S/C48H80NO10P/c1-3-5-7-9-11-13-15-17-19-21-22-24-26-28-30-32-34-36-38-40-47(51)59-44(42-57-60(54,55)58-43-45(49)48(52)53)41-56-46(50)39-37-35-33-31-29-27-25-23-20-18-16-14-12-10-8-6-4-2/h11,13,17-20,22,24-25,27-28,30-31,33,44-45H,3-10,12,14-16,21,23,26,29,32,34-43,49H2,1-2H3,(H,52,53)(H,54,55)/b13-11-,19-17-,20-18-,24-22-,27-25-,30-28-,33-31-/t44-,45+/m1/s1. The lowest BCUT2D eigenvalue weighted by Gasteiger charge is -2.20. The summed E-state index contributed by atoms with van der Waals surface area (Å²) in [6, 6.07) is -1.54. The Balaban J connectivity index is 4.51. The molecule has 0 fully saturated rings. The van der Waals surface area contributed by atoms with Crippen LogP contribution in [-0.2, 0) is 37.5 Å². The van der Waals surface area contributed by atoms with Gasteiger partial charge in [0.15, 0.2) is 6.10 Å². The molecule has 0 amide bonds. The lowest BCUT2D eigenvalue weighted by molar-refractivity contribution is -0.161. The van der Waals surface area contributed by atoms with Crippen molar-refractivity contribution in [2.24, 2.45) is 5.73 Å². The van der Waals surface area contributed by atoms with E-state index in [0.717, 1.165) is 57.8 Å². The summed E-state index contributed by atoms with van der Waals surface area (Å²) < 4.78 is 32.6. The number of rotatable bonds is 41. The van der Waals surface area contributed by atoms with Crippen molar-refractivity contribution in [3.05, 3.63) is 85.1 Å². The molecule has 0 aromatic rings. The summed E-state index contributed by atoms with van der Waals surface area (Å²) in [7, 11) is -4.74. The zero-order valence-electron chi connectivity index (χ0n) is 37.0. The van der Waals surface area contributed by atoms with Crippen LogP contribution in [0.1, 0.15) is 168 Å². The van der Waals surface area contributed by atoms with Crippen molar-refractivity contribution in [3.63, 3.8) is 0 Å². The summed E-state index contributed by atoms with van der Waals surface area (Å²) in [4.78, 5) is 46.0. The first-order valence-corrected chi connectivity index (χ1v) is 24.1. The van der Waals surface area contributed by atoms with E-state index >= 15 is 0 Å². The van der Waals surface area contributed by atoms with Crippen molar-refractivity contribution in [1.82, 2.24) is 0 Å². The van der Waals surface area contributed by atoms with Gasteiger partial charge in [0.05, 0.1) is 13.2 Å². The fourth-order valence-corrected chi connectivity index (χ4v) is 6.31. The Hall–Kier alpha value is -3.34. The van der Waals surface area contributed by atoms with Crippen molar-refractivity contribution >= 4 is 25.7 Å². The summed E-state index contributed by atoms with van der Waals surface area (Å²) in [6.07, 6.45) is 52.2. The molecule has 4 N–H and O–H groups in total. The predicted octanol–water partition coefficient (Wildman–Crippen LogP) is 12.3. The quantitative estimate of drug-likeness (QED) is 0.0231. The predicted molar refractivity (Wildman–Crippen MR) is 244 cm³/mol.